The third kappa shape index (κ3) is 1.32. The number of aromatic nitrogens is 3. The highest BCUT2D eigenvalue weighted by Crippen LogP contribution is 2.13. The molecule has 0 radical (unpaired) electrons. The van der Waals surface area contributed by atoms with Crippen LogP contribution in [0.2, 0.25) is 0 Å². The van der Waals surface area contributed by atoms with E-state index in [1.54, 1.807) is 16.8 Å². The van der Waals surface area contributed by atoms with Crippen molar-refractivity contribution in [1.82, 2.24) is 13.9 Å². The lowest BCUT2D eigenvalue weighted by Gasteiger charge is -1.95. The molecule has 0 saturated carbocycles. The van der Waals surface area contributed by atoms with Gasteiger partial charge in [-0.05, 0) is 19.1 Å². The number of rotatable bonds is 1. The van der Waals surface area contributed by atoms with Crippen LogP contribution in [0, 0.1) is 18.3 Å². The van der Waals surface area contributed by atoms with E-state index in [0.29, 0.717) is 5.69 Å². The van der Waals surface area contributed by atoms with Crippen molar-refractivity contribution in [2.75, 3.05) is 0 Å². The van der Waals surface area contributed by atoms with Crippen LogP contribution in [0.3, 0.4) is 0 Å². The van der Waals surface area contributed by atoms with Gasteiger partial charge in [-0.3, -0.25) is 4.57 Å². The fourth-order valence-corrected chi connectivity index (χ4v) is 1.70. The summed E-state index contributed by atoms with van der Waals surface area (Å²) in [6, 6.07) is 5.65. The number of nitrogens with zero attached hydrogens (tertiary/aromatic N) is 4. The Hall–Kier alpha value is -1.67. The third-order valence-electron chi connectivity index (χ3n) is 1.59. The SMILES string of the molecule is Cc1nsc(-n2cccc2C#N)n1. The number of hydrogen-bond donors (Lipinski definition) is 0. The zero-order valence-electron chi connectivity index (χ0n) is 6.93. The first-order valence-electron chi connectivity index (χ1n) is 3.69. The quantitative estimate of drug-likeness (QED) is 0.684. The lowest BCUT2D eigenvalue weighted by molar-refractivity contribution is 1.00. The third-order valence-corrected chi connectivity index (χ3v) is 2.39. The van der Waals surface area contributed by atoms with E-state index >= 15 is 0 Å². The maximum Gasteiger partial charge on any atom is 0.214 e. The first kappa shape index (κ1) is 7.95. The van der Waals surface area contributed by atoms with E-state index in [9.17, 15) is 0 Å². The van der Waals surface area contributed by atoms with E-state index in [1.165, 1.54) is 11.5 Å². The molecule has 0 atom stereocenters. The van der Waals surface area contributed by atoms with Crippen LogP contribution in [-0.2, 0) is 0 Å². The molecule has 0 amide bonds. The Balaban J connectivity index is 2.53. The second-order valence-corrected chi connectivity index (χ2v) is 3.23. The Morgan fingerprint density at radius 3 is 3.08 bits per heavy atom. The molecule has 13 heavy (non-hydrogen) atoms. The Kier molecular flexibility index (Phi) is 1.83. The van der Waals surface area contributed by atoms with E-state index in [0.717, 1.165) is 11.0 Å². The van der Waals surface area contributed by atoms with Gasteiger partial charge in [0.05, 0.1) is 0 Å². The number of aryl methyl sites for hydroxylation is 1. The van der Waals surface area contributed by atoms with Crippen molar-refractivity contribution in [3.05, 3.63) is 29.8 Å². The highest BCUT2D eigenvalue weighted by atomic mass is 32.1. The lowest BCUT2D eigenvalue weighted by Crippen LogP contribution is -1.93. The summed E-state index contributed by atoms with van der Waals surface area (Å²) in [5.41, 5.74) is 0.580. The van der Waals surface area contributed by atoms with Gasteiger partial charge in [-0.2, -0.15) is 9.64 Å². The first-order valence-corrected chi connectivity index (χ1v) is 4.47. The fourth-order valence-electron chi connectivity index (χ4n) is 1.02. The average Bonchev–Trinajstić information content (AvgIpc) is 2.71. The maximum absolute atomic E-state index is 8.76. The summed E-state index contributed by atoms with van der Waals surface area (Å²) < 4.78 is 5.78. The molecule has 0 N–H and O–H groups in total. The van der Waals surface area contributed by atoms with Gasteiger partial charge in [-0.1, -0.05) is 0 Å². The predicted molar refractivity (Wildman–Crippen MR) is 48.7 cm³/mol. The molecule has 2 heterocycles. The molecule has 0 bridgehead atoms. The molecule has 5 heteroatoms. The summed E-state index contributed by atoms with van der Waals surface area (Å²) in [6.07, 6.45) is 1.80. The fraction of sp³-hybridized carbons (Fsp3) is 0.125. The van der Waals surface area contributed by atoms with Crippen LogP contribution >= 0.6 is 11.5 Å². The van der Waals surface area contributed by atoms with Gasteiger partial charge >= 0.3 is 0 Å². The smallest absolute Gasteiger partial charge is 0.214 e. The summed E-state index contributed by atoms with van der Waals surface area (Å²) in [5.74, 6) is 0.734. The molecular weight excluding hydrogens is 184 g/mol. The molecule has 2 rings (SSSR count). The van der Waals surface area contributed by atoms with Gasteiger partial charge in [0, 0.05) is 17.7 Å². The molecule has 0 aliphatic heterocycles. The normalized spacial score (nSPS) is 9.85. The van der Waals surface area contributed by atoms with Crippen molar-refractivity contribution < 1.29 is 0 Å². The van der Waals surface area contributed by atoms with Crippen molar-refractivity contribution in [1.29, 1.82) is 5.26 Å². The van der Waals surface area contributed by atoms with Crippen LogP contribution in [0.25, 0.3) is 5.13 Å². The standard InChI is InChI=1S/C8H6N4S/c1-6-10-8(13-11-6)12-4-2-3-7(12)5-9/h2-4H,1H3. The second kappa shape index (κ2) is 2.99. The zero-order valence-corrected chi connectivity index (χ0v) is 7.75. The van der Waals surface area contributed by atoms with Crippen LogP contribution < -0.4 is 0 Å². The van der Waals surface area contributed by atoms with Crippen molar-refractivity contribution in [2.45, 2.75) is 6.92 Å². The van der Waals surface area contributed by atoms with Crippen molar-refractivity contribution in [2.24, 2.45) is 0 Å². The molecule has 2 aromatic heterocycles. The topological polar surface area (TPSA) is 54.5 Å². The van der Waals surface area contributed by atoms with Crippen LogP contribution in [0.1, 0.15) is 11.5 Å². The molecular formula is C8H6N4S. The molecule has 0 fully saturated rings. The van der Waals surface area contributed by atoms with Gasteiger partial charge in [0.15, 0.2) is 0 Å². The van der Waals surface area contributed by atoms with Gasteiger partial charge in [0.25, 0.3) is 0 Å². The van der Waals surface area contributed by atoms with Crippen LogP contribution in [0.4, 0.5) is 0 Å². The van der Waals surface area contributed by atoms with E-state index < -0.39 is 0 Å². The maximum atomic E-state index is 8.76. The highest BCUT2D eigenvalue weighted by molar-refractivity contribution is 7.08. The summed E-state index contributed by atoms with van der Waals surface area (Å²) in [6.45, 7) is 1.83. The minimum absolute atomic E-state index is 0.580. The number of nitriles is 1. The van der Waals surface area contributed by atoms with E-state index in [-0.39, 0.29) is 0 Å². The van der Waals surface area contributed by atoms with Crippen molar-refractivity contribution in [3.8, 4) is 11.2 Å². The molecule has 2 aromatic rings. The van der Waals surface area contributed by atoms with Crippen LogP contribution in [0.5, 0.6) is 0 Å². The average molecular weight is 190 g/mol. The van der Waals surface area contributed by atoms with E-state index in [2.05, 4.69) is 15.4 Å². The Bertz CT molecular complexity index is 462. The lowest BCUT2D eigenvalue weighted by atomic mass is 10.5. The highest BCUT2D eigenvalue weighted by Gasteiger charge is 2.05. The summed E-state index contributed by atoms with van der Waals surface area (Å²) in [4.78, 5) is 4.18. The number of hydrogen-bond acceptors (Lipinski definition) is 4. The summed E-state index contributed by atoms with van der Waals surface area (Å²) >= 11 is 1.29. The van der Waals surface area contributed by atoms with E-state index in [4.69, 9.17) is 5.26 Å². The molecule has 0 aliphatic carbocycles. The molecule has 4 nitrogen and oxygen atoms in total. The van der Waals surface area contributed by atoms with Gasteiger partial charge in [-0.15, -0.1) is 0 Å². The molecule has 0 saturated heterocycles. The Morgan fingerprint density at radius 1 is 1.62 bits per heavy atom. The Morgan fingerprint density at radius 2 is 2.46 bits per heavy atom. The largest absolute Gasteiger partial charge is 0.283 e. The van der Waals surface area contributed by atoms with Crippen molar-refractivity contribution >= 4 is 11.5 Å². The van der Waals surface area contributed by atoms with Crippen LogP contribution in [-0.4, -0.2) is 13.9 Å². The van der Waals surface area contributed by atoms with Gasteiger partial charge in [-0.25, -0.2) is 4.98 Å². The molecule has 0 spiro atoms. The summed E-state index contributed by atoms with van der Waals surface area (Å²) in [5, 5.41) is 9.50. The zero-order chi connectivity index (χ0) is 9.26. The van der Waals surface area contributed by atoms with E-state index in [1.807, 2.05) is 13.0 Å². The molecule has 0 aromatic carbocycles. The minimum atomic E-state index is 0.580. The summed E-state index contributed by atoms with van der Waals surface area (Å²) in [7, 11) is 0. The minimum Gasteiger partial charge on any atom is -0.283 e. The molecule has 0 aliphatic rings. The van der Waals surface area contributed by atoms with Gasteiger partial charge < -0.3 is 0 Å². The first-order chi connectivity index (χ1) is 6.31. The second-order valence-electron chi connectivity index (χ2n) is 2.50. The molecule has 64 valence electrons. The van der Waals surface area contributed by atoms with Crippen LogP contribution in [0.15, 0.2) is 18.3 Å². The van der Waals surface area contributed by atoms with Gasteiger partial charge in [0.1, 0.15) is 17.6 Å². The molecule has 0 unspecified atom stereocenters. The Labute approximate surface area is 79.3 Å². The monoisotopic (exact) mass is 190 g/mol. The van der Waals surface area contributed by atoms with Gasteiger partial charge in [0.2, 0.25) is 5.13 Å². The predicted octanol–water partition coefficient (Wildman–Crippen LogP) is 1.51. The van der Waals surface area contributed by atoms with Crippen molar-refractivity contribution in [3.63, 3.8) is 0 Å².